The third-order valence-corrected chi connectivity index (χ3v) is 5.87. The normalized spacial score (nSPS) is 12.2. The van der Waals surface area contributed by atoms with E-state index >= 15 is 0 Å². The van der Waals surface area contributed by atoms with Gasteiger partial charge in [0, 0.05) is 18.5 Å². The van der Waals surface area contributed by atoms with Gasteiger partial charge in [-0.25, -0.2) is 0 Å². The van der Waals surface area contributed by atoms with Gasteiger partial charge in [-0.15, -0.1) is 0 Å². The van der Waals surface area contributed by atoms with Gasteiger partial charge < -0.3 is 15.0 Å². The lowest BCUT2D eigenvalue weighted by Gasteiger charge is -2.33. The molecule has 0 aliphatic rings. The molecule has 0 bridgehead atoms. The van der Waals surface area contributed by atoms with Gasteiger partial charge in [-0.05, 0) is 55.5 Å². The number of nitrogens with one attached hydrogen (secondary N) is 1. The first kappa shape index (κ1) is 27.0. The number of rotatable bonds is 10. The number of carbonyl (C=O) groups is 2. The number of nitrogens with zero attached hydrogens (tertiary/aromatic N) is 1. The van der Waals surface area contributed by atoms with Crippen LogP contribution in [0, 0.1) is 0 Å². The highest BCUT2D eigenvalue weighted by molar-refractivity contribution is 5.89. The van der Waals surface area contributed by atoms with E-state index in [0.717, 1.165) is 11.1 Å². The minimum Gasteiger partial charge on any atom is -0.484 e. The first-order chi connectivity index (χ1) is 17.1. The maximum Gasteiger partial charge on any atom is 0.261 e. The van der Waals surface area contributed by atoms with Crippen molar-refractivity contribution in [2.45, 2.75) is 65.1 Å². The van der Waals surface area contributed by atoms with E-state index in [-0.39, 0.29) is 18.4 Å². The van der Waals surface area contributed by atoms with Crippen LogP contribution in [0.2, 0.25) is 0 Å². The fourth-order valence-electron chi connectivity index (χ4n) is 3.96. The van der Waals surface area contributed by atoms with E-state index in [1.807, 2.05) is 106 Å². The molecule has 0 aliphatic heterocycles. The summed E-state index contributed by atoms with van der Waals surface area (Å²) in [6.07, 6.45) is 0.407. The Labute approximate surface area is 215 Å². The summed E-state index contributed by atoms with van der Waals surface area (Å²) in [7, 11) is 0. The molecule has 1 N–H and O–H groups in total. The summed E-state index contributed by atoms with van der Waals surface area (Å²) < 4.78 is 5.88. The van der Waals surface area contributed by atoms with Crippen molar-refractivity contribution in [3.05, 3.63) is 102 Å². The number of hydrogen-bond acceptors (Lipinski definition) is 3. The molecule has 1 unspecified atom stereocenters. The van der Waals surface area contributed by atoms with E-state index in [2.05, 4.69) is 19.2 Å². The van der Waals surface area contributed by atoms with E-state index in [4.69, 9.17) is 4.74 Å². The highest BCUT2D eigenvalue weighted by atomic mass is 16.5. The smallest absolute Gasteiger partial charge is 0.261 e. The number of ether oxygens (including phenoxy) is 1. The van der Waals surface area contributed by atoms with Gasteiger partial charge in [0.25, 0.3) is 5.91 Å². The van der Waals surface area contributed by atoms with Gasteiger partial charge in [-0.2, -0.15) is 0 Å². The molecule has 2 amide bonds. The molecule has 0 spiro atoms. The highest BCUT2D eigenvalue weighted by Gasteiger charge is 2.32. The SMILES string of the molecule is CC(C)c1ccc(OCC(=O)N(Cc2ccccc2)C(Cc2ccccc2)C(=O)NC(C)(C)C)cc1. The zero-order valence-corrected chi connectivity index (χ0v) is 22.0. The molecule has 0 radical (unpaired) electrons. The molecule has 1 atom stereocenters. The second kappa shape index (κ2) is 12.4. The number of carbonyl (C=O) groups excluding carboxylic acids is 2. The van der Waals surface area contributed by atoms with Crippen molar-refractivity contribution in [2.24, 2.45) is 0 Å². The average molecular weight is 487 g/mol. The Kier molecular flexibility index (Phi) is 9.29. The van der Waals surface area contributed by atoms with E-state index in [1.165, 1.54) is 5.56 Å². The van der Waals surface area contributed by atoms with E-state index in [9.17, 15) is 9.59 Å². The van der Waals surface area contributed by atoms with Crippen molar-refractivity contribution < 1.29 is 14.3 Å². The van der Waals surface area contributed by atoms with Crippen LogP contribution < -0.4 is 10.1 Å². The van der Waals surface area contributed by atoms with Crippen LogP contribution in [0.3, 0.4) is 0 Å². The van der Waals surface area contributed by atoms with Gasteiger partial charge in [-0.3, -0.25) is 9.59 Å². The lowest BCUT2D eigenvalue weighted by molar-refractivity contribution is -0.143. The number of hydrogen-bond donors (Lipinski definition) is 1. The first-order valence-electron chi connectivity index (χ1n) is 12.5. The van der Waals surface area contributed by atoms with Crippen LogP contribution in [0.25, 0.3) is 0 Å². The van der Waals surface area contributed by atoms with Crippen LogP contribution in [-0.2, 0) is 22.6 Å². The fourth-order valence-corrected chi connectivity index (χ4v) is 3.96. The maximum absolute atomic E-state index is 13.6. The Bertz CT molecular complexity index is 1100. The summed E-state index contributed by atoms with van der Waals surface area (Å²) in [5, 5.41) is 3.08. The van der Waals surface area contributed by atoms with Crippen molar-refractivity contribution >= 4 is 11.8 Å². The minimum absolute atomic E-state index is 0.151. The molecular formula is C31H38N2O3. The van der Waals surface area contributed by atoms with Crippen molar-refractivity contribution in [3.8, 4) is 5.75 Å². The molecule has 5 nitrogen and oxygen atoms in total. The van der Waals surface area contributed by atoms with Crippen LogP contribution in [0.5, 0.6) is 5.75 Å². The fraction of sp³-hybridized carbons (Fsp3) is 0.355. The Morgan fingerprint density at radius 2 is 1.39 bits per heavy atom. The first-order valence-corrected chi connectivity index (χ1v) is 12.5. The van der Waals surface area contributed by atoms with Gasteiger partial charge in [0.2, 0.25) is 5.91 Å². The van der Waals surface area contributed by atoms with Crippen LogP contribution in [0.4, 0.5) is 0 Å². The van der Waals surface area contributed by atoms with Gasteiger partial charge in [0.05, 0.1) is 0 Å². The lowest BCUT2D eigenvalue weighted by atomic mass is 10.0. The van der Waals surface area contributed by atoms with E-state index in [0.29, 0.717) is 24.6 Å². The third kappa shape index (κ3) is 8.26. The Morgan fingerprint density at radius 3 is 1.92 bits per heavy atom. The quantitative estimate of drug-likeness (QED) is 0.397. The second-order valence-electron chi connectivity index (χ2n) is 10.5. The van der Waals surface area contributed by atoms with Crippen molar-refractivity contribution in [2.75, 3.05) is 6.61 Å². The van der Waals surface area contributed by atoms with Gasteiger partial charge in [0.1, 0.15) is 11.8 Å². The van der Waals surface area contributed by atoms with Crippen LogP contribution in [-0.4, -0.2) is 34.9 Å². The molecule has 0 saturated heterocycles. The molecule has 3 aromatic carbocycles. The molecule has 36 heavy (non-hydrogen) atoms. The van der Waals surface area contributed by atoms with Gasteiger partial charge >= 0.3 is 0 Å². The predicted octanol–water partition coefficient (Wildman–Crippen LogP) is 5.74. The Hall–Kier alpha value is -3.60. The predicted molar refractivity (Wildman–Crippen MR) is 145 cm³/mol. The van der Waals surface area contributed by atoms with E-state index in [1.54, 1.807) is 4.90 Å². The molecule has 3 rings (SSSR count). The summed E-state index contributed by atoms with van der Waals surface area (Å²) in [5.74, 6) is 0.627. The average Bonchev–Trinajstić information content (AvgIpc) is 2.85. The minimum atomic E-state index is -0.689. The largest absolute Gasteiger partial charge is 0.484 e. The van der Waals surface area contributed by atoms with Crippen LogP contribution >= 0.6 is 0 Å². The molecule has 0 aromatic heterocycles. The Morgan fingerprint density at radius 1 is 0.833 bits per heavy atom. The molecule has 190 valence electrons. The second-order valence-corrected chi connectivity index (χ2v) is 10.5. The summed E-state index contributed by atoms with van der Waals surface area (Å²) in [6.45, 7) is 10.3. The molecule has 0 heterocycles. The van der Waals surface area contributed by atoms with Crippen molar-refractivity contribution in [1.29, 1.82) is 0 Å². The Balaban J connectivity index is 1.87. The molecule has 0 saturated carbocycles. The molecule has 5 heteroatoms. The molecule has 0 fully saturated rings. The van der Waals surface area contributed by atoms with Crippen LogP contribution in [0.15, 0.2) is 84.9 Å². The monoisotopic (exact) mass is 486 g/mol. The van der Waals surface area contributed by atoms with Crippen LogP contribution in [0.1, 0.15) is 57.2 Å². The summed E-state index contributed by atoms with van der Waals surface area (Å²) in [4.78, 5) is 28.8. The zero-order chi connectivity index (χ0) is 26.1. The number of benzene rings is 3. The molecule has 0 aliphatic carbocycles. The topological polar surface area (TPSA) is 58.6 Å². The lowest BCUT2D eigenvalue weighted by Crippen LogP contribution is -2.55. The zero-order valence-electron chi connectivity index (χ0n) is 22.0. The van der Waals surface area contributed by atoms with Gasteiger partial charge in [-0.1, -0.05) is 86.6 Å². The van der Waals surface area contributed by atoms with Crippen molar-refractivity contribution in [3.63, 3.8) is 0 Å². The molecular weight excluding hydrogens is 448 g/mol. The summed E-state index contributed by atoms with van der Waals surface area (Å²) in [6, 6.07) is 26.7. The van der Waals surface area contributed by atoms with Gasteiger partial charge in [0.15, 0.2) is 6.61 Å². The maximum atomic E-state index is 13.6. The summed E-state index contributed by atoms with van der Waals surface area (Å²) >= 11 is 0. The third-order valence-electron chi connectivity index (χ3n) is 5.87. The molecule has 3 aromatic rings. The highest BCUT2D eigenvalue weighted by Crippen LogP contribution is 2.20. The van der Waals surface area contributed by atoms with Crippen molar-refractivity contribution in [1.82, 2.24) is 10.2 Å². The van der Waals surface area contributed by atoms with E-state index < -0.39 is 11.6 Å². The number of amides is 2. The summed E-state index contributed by atoms with van der Waals surface area (Å²) in [5.41, 5.74) is 2.72. The standard InChI is InChI=1S/C31H38N2O3/c1-23(2)26-16-18-27(19-17-26)36-22-29(34)33(21-25-14-10-7-11-15-25)28(30(35)32-31(3,4)5)20-24-12-8-6-9-13-24/h6-19,23,28H,20-22H2,1-5H3,(H,32,35).